The first-order valence-electron chi connectivity index (χ1n) is 12.0. The van der Waals surface area contributed by atoms with Crippen molar-refractivity contribution in [1.29, 1.82) is 0 Å². The number of fused-ring (bicyclic) bond motifs is 1. The van der Waals surface area contributed by atoms with E-state index in [9.17, 15) is 13.2 Å². The first-order chi connectivity index (χ1) is 17.8. The highest BCUT2D eigenvalue weighted by molar-refractivity contribution is 7.93. The highest BCUT2D eigenvalue weighted by atomic mass is 32.2. The van der Waals surface area contributed by atoms with Crippen LogP contribution < -0.4 is 20.1 Å². The molecule has 1 saturated heterocycles. The number of anilines is 3. The zero-order chi connectivity index (χ0) is 26.4. The summed E-state index contributed by atoms with van der Waals surface area (Å²) in [4.78, 5) is 22.8. The molecule has 37 heavy (non-hydrogen) atoms. The number of sulfonamides is 1. The van der Waals surface area contributed by atoms with E-state index in [1.54, 1.807) is 32.2 Å². The number of methoxy groups -OCH3 is 2. The Labute approximate surface area is 216 Å². The van der Waals surface area contributed by atoms with Crippen LogP contribution in [-0.4, -0.2) is 75.5 Å². The summed E-state index contributed by atoms with van der Waals surface area (Å²) in [6.45, 7) is 1.22. The summed E-state index contributed by atoms with van der Waals surface area (Å²) in [5, 5.41) is 5.19. The lowest BCUT2D eigenvalue weighted by molar-refractivity contribution is 0.189. The van der Waals surface area contributed by atoms with E-state index in [0.29, 0.717) is 61.4 Å². The summed E-state index contributed by atoms with van der Waals surface area (Å²) in [6.07, 6.45) is 1.28. The molecule has 0 spiro atoms. The van der Waals surface area contributed by atoms with Gasteiger partial charge in [-0.15, -0.1) is 0 Å². The van der Waals surface area contributed by atoms with E-state index in [2.05, 4.69) is 25.3 Å². The Balaban J connectivity index is 1.66. The number of piperidine rings is 1. The largest absolute Gasteiger partial charge is 0.497 e. The summed E-state index contributed by atoms with van der Waals surface area (Å²) >= 11 is 0. The van der Waals surface area contributed by atoms with E-state index in [1.165, 1.54) is 0 Å². The molecule has 0 saturated carbocycles. The second kappa shape index (κ2) is 11.6. The summed E-state index contributed by atoms with van der Waals surface area (Å²) in [5.41, 5.74) is 2.84. The predicted octanol–water partition coefficient (Wildman–Crippen LogP) is 3.12. The monoisotopic (exact) mass is 528 g/mol. The zero-order valence-electron chi connectivity index (χ0n) is 21.2. The van der Waals surface area contributed by atoms with Crippen molar-refractivity contribution in [2.45, 2.75) is 24.5 Å². The van der Waals surface area contributed by atoms with Gasteiger partial charge in [0.1, 0.15) is 5.75 Å². The smallest absolute Gasteiger partial charge is 0.317 e. The number of amides is 2. The second-order valence-electron chi connectivity index (χ2n) is 8.69. The Kier molecular flexibility index (Phi) is 8.29. The number of rotatable bonds is 9. The molecular weight excluding hydrogens is 496 g/mol. The Bertz CT molecular complexity index is 1360. The number of nitrogens with one attached hydrogen (secondary N) is 3. The van der Waals surface area contributed by atoms with E-state index in [0.717, 1.165) is 5.56 Å². The van der Waals surface area contributed by atoms with Gasteiger partial charge in [0, 0.05) is 39.0 Å². The fourth-order valence-corrected chi connectivity index (χ4v) is 5.67. The number of carbonyl (C=O) groups excluding carboxylic acids is 1. The maximum atomic E-state index is 13.4. The number of hydrogen-bond donors (Lipinski definition) is 3. The van der Waals surface area contributed by atoms with E-state index >= 15 is 0 Å². The molecule has 198 valence electrons. The number of urea groups is 1. The standard InChI is InChI=1S/C25H32N6O5S/c1-26-25(32)31-13-10-19(11-14-31)37(33,34)30-24-23(27-20-6-4-5-7-21(20)28-24)29-22-16-18(36-3)9-8-17(22)12-15-35-2/h4-9,16,19H,10-15H2,1-3H3,(H,26,32)(H,27,29)(H,28,30). The van der Waals surface area contributed by atoms with Crippen LogP contribution in [0.2, 0.25) is 0 Å². The number of likely N-dealkylation sites (tertiary alicyclic amines) is 1. The van der Waals surface area contributed by atoms with Crippen LogP contribution in [0, 0.1) is 0 Å². The summed E-state index contributed by atoms with van der Waals surface area (Å²) < 4.78 is 40.1. The van der Waals surface area contributed by atoms with E-state index in [4.69, 9.17) is 9.47 Å². The summed E-state index contributed by atoms with van der Waals surface area (Å²) in [5.74, 6) is 1.02. The molecule has 0 aliphatic carbocycles. The molecule has 0 atom stereocenters. The van der Waals surface area contributed by atoms with Crippen LogP contribution in [0.1, 0.15) is 18.4 Å². The normalized spacial score (nSPS) is 14.4. The summed E-state index contributed by atoms with van der Waals surface area (Å²) in [6, 6.07) is 12.7. The molecule has 3 aromatic rings. The molecule has 1 aliphatic rings. The molecule has 1 aliphatic heterocycles. The van der Waals surface area contributed by atoms with Crippen LogP contribution in [0.3, 0.4) is 0 Å². The molecule has 11 nitrogen and oxygen atoms in total. The summed E-state index contributed by atoms with van der Waals surface area (Å²) in [7, 11) is 0.968. The minimum absolute atomic E-state index is 0.105. The lowest BCUT2D eigenvalue weighted by atomic mass is 10.1. The van der Waals surface area contributed by atoms with Gasteiger partial charge in [0.2, 0.25) is 10.0 Å². The third kappa shape index (κ3) is 6.20. The molecular formula is C25H32N6O5S. The van der Waals surface area contributed by atoms with Gasteiger partial charge in [-0.3, -0.25) is 4.72 Å². The average Bonchev–Trinajstić information content (AvgIpc) is 2.92. The average molecular weight is 529 g/mol. The number of aromatic nitrogens is 2. The van der Waals surface area contributed by atoms with Crippen LogP contribution in [-0.2, 0) is 21.2 Å². The van der Waals surface area contributed by atoms with Gasteiger partial charge in [-0.1, -0.05) is 18.2 Å². The molecule has 0 unspecified atom stereocenters. The van der Waals surface area contributed by atoms with Crippen LogP contribution in [0.15, 0.2) is 42.5 Å². The SMILES string of the molecule is CNC(=O)N1CCC(S(=O)(=O)Nc2nc3ccccc3nc2Nc2cc(OC)ccc2CCOC)CC1. The van der Waals surface area contributed by atoms with E-state index in [-0.39, 0.29) is 17.7 Å². The fraction of sp³-hybridized carbons (Fsp3) is 0.400. The number of nitrogens with zero attached hydrogens (tertiary/aromatic N) is 3. The first kappa shape index (κ1) is 26.4. The van der Waals surface area contributed by atoms with Crippen LogP contribution in [0.4, 0.5) is 22.1 Å². The minimum Gasteiger partial charge on any atom is -0.497 e. The van der Waals surface area contributed by atoms with Crippen molar-refractivity contribution >= 4 is 44.4 Å². The number of benzene rings is 2. The van der Waals surface area contributed by atoms with Gasteiger partial charge >= 0.3 is 6.03 Å². The van der Waals surface area contributed by atoms with Gasteiger partial charge in [-0.25, -0.2) is 23.2 Å². The quantitative estimate of drug-likeness (QED) is 0.386. The first-order valence-corrected chi connectivity index (χ1v) is 13.6. The number of hydrogen-bond acceptors (Lipinski definition) is 8. The van der Waals surface area contributed by atoms with Crippen molar-refractivity contribution in [2.75, 3.05) is 51.0 Å². The molecule has 3 N–H and O–H groups in total. The molecule has 2 heterocycles. The zero-order valence-corrected chi connectivity index (χ0v) is 22.0. The Hall–Kier alpha value is -3.64. The third-order valence-corrected chi connectivity index (χ3v) is 8.16. The maximum absolute atomic E-state index is 13.4. The van der Waals surface area contributed by atoms with Crippen molar-refractivity contribution in [1.82, 2.24) is 20.2 Å². The molecule has 0 bridgehead atoms. The minimum atomic E-state index is -3.81. The van der Waals surface area contributed by atoms with Crippen LogP contribution in [0.25, 0.3) is 11.0 Å². The number of para-hydroxylation sites is 2. The second-order valence-corrected chi connectivity index (χ2v) is 10.6. The van der Waals surface area contributed by atoms with Crippen molar-refractivity contribution in [3.05, 3.63) is 48.0 Å². The van der Waals surface area contributed by atoms with Crippen LogP contribution in [0.5, 0.6) is 5.75 Å². The molecule has 1 fully saturated rings. The van der Waals surface area contributed by atoms with Crippen molar-refractivity contribution < 1.29 is 22.7 Å². The molecule has 0 radical (unpaired) electrons. The van der Waals surface area contributed by atoms with Gasteiger partial charge in [0.25, 0.3) is 0 Å². The van der Waals surface area contributed by atoms with Gasteiger partial charge < -0.3 is 25.0 Å². The van der Waals surface area contributed by atoms with Gasteiger partial charge in [-0.2, -0.15) is 0 Å². The Morgan fingerprint density at radius 1 is 1.05 bits per heavy atom. The van der Waals surface area contributed by atoms with E-state index < -0.39 is 15.3 Å². The van der Waals surface area contributed by atoms with Gasteiger partial charge in [0.05, 0.1) is 30.0 Å². The Morgan fingerprint density at radius 3 is 2.35 bits per heavy atom. The van der Waals surface area contributed by atoms with Gasteiger partial charge in [0.15, 0.2) is 11.6 Å². The molecule has 1 aromatic heterocycles. The van der Waals surface area contributed by atoms with Gasteiger partial charge in [-0.05, 0) is 43.0 Å². The van der Waals surface area contributed by atoms with Crippen molar-refractivity contribution in [3.63, 3.8) is 0 Å². The molecule has 2 amide bonds. The lowest BCUT2D eigenvalue weighted by Gasteiger charge is -2.31. The highest BCUT2D eigenvalue weighted by Crippen LogP contribution is 2.31. The van der Waals surface area contributed by atoms with Crippen molar-refractivity contribution in [2.24, 2.45) is 0 Å². The molecule has 4 rings (SSSR count). The highest BCUT2D eigenvalue weighted by Gasteiger charge is 2.32. The topological polar surface area (TPSA) is 135 Å². The molecule has 12 heteroatoms. The molecule has 2 aromatic carbocycles. The Morgan fingerprint density at radius 2 is 1.73 bits per heavy atom. The van der Waals surface area contributed by atoms with Crippen molar-refractivity contribution in [3.8, 4) is 5.75 Å². The van der Waals surface area contributed by atoms with E-state index in [1.807, 2.05) is 36.4 Å². The number of ether oxygens (including phenoxy) is 2. The third-order valence-electron chi connectivity index (χ3n) is 6.34. The maximum Gasteiger partial charge on any atom is 0.317 e. The predicted molar refractivity (Wildman–Crippen MR) is 143 cm³/mol. The fourth-order valence-electron chi connectivity index (χ4n) is 4.26. The number of carbonyl (C=O) groups is 1. The lowest BCUT2D eigenvalue weighted by Crippen LogP contribution is -2.46. The van der Waals surface area contributed by atoms with Crippen LogP contribution >= 0.6 is 0 Å².